The lowest BCUT2D eigenvalue weighted by Gasteiger charge is -2.22. The summed E-state index contributed by atoms with van der Waals surface area (Å²) in [6.07, 6.45) is 2.55. The largest absolute Gasteiger partial charge is 0.478 e. The number of carboxylic acids is 1. The molecule has 1 aliphatic rings. The molecule has 0 saturated heterocycles. The first-order valence-electron chi connectivity index (χ1n) is 4.78. The number of hydrogen-bond acceptors (Lipinski definition) is 2. The molecule has 1 aromatic carbocycles. The van der Waals surface area contributed by atoms with Crippen molar-refractivity contribution in [3.63, 3.8) is 0 Å². The van der Waals surface area contributed by atoms with Gasteiger partial charge in [-0.2, -0.15) is 0 Å². The number of carbonyl (C=O) groups is 1. The van der Waals surface area contributed by atoms with Gasteiger partial charge in [0, 0.05) is 6.04 Å². The van der Waals surface area contributed by atoms with E-state index in [0.717, 1.165) is 24.0 Å². The third-order valence-electron chi connectivity index (χ3n) is 2.75. The molecular formula is C11H13NO2. The van der Waals surface area contributed by atoms with Crippen LogP contribution in [0, 0.1) is 0 Å². The summed E-state index contributed by atoms with van der Waals surface area (Å²) < 4.78 is 0. The molecule has 0 aliphatic heterocycles. The monoisotopic (exact) mass is 191 g/mol. The van der Waals surface area contributed by atoms with Gasteiger partial charge in [-0.3, -0.25) is 0 Å². The number of hydrogen-bond donors (Lipinski definition) is 2. The molecule has 3 heteroatoms. The van der Waals surface area contributed by atoms with Crippen molar-refractivity contribution in [2.24, 2.45) is 5.73 Å². The fourth-order valence-electron chi connectivity index (χ4n) is 2.02. The topological polar surface area (TPSA) is 63.3 Å². The lowest BCUT2D eigenvalue weighted by atomic mass is 9.86. The van der Waals surface area contributed by atoms with Gasteiger partial charge in [0.25, 0.3) is 0 Å². The van der Waals surface area contributed by atoms with E-state index >= 15 is 0 Å². The Morgan fingerprint density at radius 1 is 1.50 bits per heavy atom. The highest BCUT2D eigenvalue weighted by molar-refractivity contribution is 5.89. The molecule has 0 bridgehead atoms. The van der Waals surface area contributed by atoms with Crippen LogP contribution in [0.4, 0.5) is 0 Å². The fraction of sp³-hybridized carbons (Fsp3) is 0.364. The second kappa shape index (κ2) is 3.42. The summed E-state index contributed by atoms with van der Waals surface area (Å²) >= 11 is 0. The van der Waals surface area contributed by atoms with Gasteiger partial charge in [0.2, 0.25) is 0 Å². The Morgan fingerprint density at radius 3 is 3.00 bits per heavy atom. The van der Waals surface area contributed by atoms with E-state index in [9.17, 15) is 4.79 Å². The summed E-state index contributed by atoms with van der Waals surface area (Å²) in [6.45, 7) is 0. The van der Waals surface area contributed by atoms with E-state index in [1.807, 2.05) is 6.07 Å². The van der Waals surface area contributed by atoms with Crippen LogP contribution in [0.5, 0.6) is 0 Å². The zero-order chi connectivity index (χ0) is 10.1. The van der Waals surface area contributed by atoms with E-state index < -0.39 is 5.97 Å². The van der Waals surface area contributed by atoms with E-state index in [2.05, 4.69) is 0 Å². The van der Waals surface area contributed by atoms with Gasteiger partial charge in [-0.05, 0) is 36.5 Å². The Balaban J connectivity index is 2.48. The maximum absolute atomic E-state index is 10.9. The summed E-state index contributed by atoms with van der Waals surface area (Å²) in [6, 6.07) is 5.56. The zero-order valence-electron chi connectivity index (χ0n) is 7.86. The Kier molecular flexibility index (Phi) is 2.25. The Bertz CT molecular complexity index is 374. The van der Waals surface area contributed by atoms with Crippen molar-refractivity contribution in [1.82, 2.24) is 0 Å². The standard InChI is InChI=1S/C11H13NO2/c12-8-5-4-7-2-1-3-9(11(13)14)10(7)6-8/h1-3,8H,4-6,12H2,(H,13,14). The van der Waals surface area contributed by atoms with Gasteiger partial charge in [-0.1, -0.05) is 12.1 Å². The molecule has 14 heavy (non-hydrogen) atoms. The molecule has 3 nitrogen and oxygen atoms in total. The highest BCUT2D eigenvalue weighted by Gasteiger charge is 2.20. The van der Waals surface area contributed by atoms with E-state index in [1.165, 1.54) is 0 Å². The van der Waals surface area contributed by atoms with Gasteiger partial charge < -0.3 is 10.8 Å². The summed E-state index contributed by atoms with van der Waals surface area (Å²) in [5.41, 5.74) is 8.31. The van der Waals surface area contributed by atoms with Crippen LogP contribution in [-0.2, 0) is 12.8 Å². The minimum atomic E-state index is -0.851. The summed E-state index contributed by atoms with van der Waals surface area (Å²) in [7, 11) is 0. The molecule has 0 aromatic heterocycles. The minimum Gasteiger partial charge on any atom is -0.478 e. The number of rotatable bonds is 1. The maximum atomic E-state index is 10.9. The van der Waals surface area contributed by atoms with Gasteiger partial charge in [0.15, 0.2) is 0 Å². The smallest absolute Gasteiger partial charge is 0.335 e. The number of fused-ring (bicyclic) bond motifs is 1. The van der Waals surface area contributed by atoms with Gasteiger partial charge >= 0.3 is 5.97 Å². The van der Waals surface area contributed by atoms with Gasteiger partial charge in [0.1, 0.15) is 0 Å². The second-order valence-electron chi connectivity index (χ2n) is 3.75. The quantitative estimate of drug-likeness (QED) is 0.701. The lowest BCUT2D eigenvalue weighted by Crippen LogP contribution is -2.29. The van der Waals surface area contributed by atoms with Crippen LogP contribution in [0.1, 0.15) is 27.9 Å². The lowest BCUT2D eigenvalue weighted by molar-refractivity contribution is 0.0695. The summed E-state index contributed by atoms with van der Waals surface area (Å²) in [5, 5.41) is 8.99. The number of benzene rings is 1. The number of carboxylic acid groups (broad SMARTS) is 1. The number of aryl methyl sites for hydroxylation is 1. The van der Waals surface area contributed by atoms with Crippen molar-refractivity contribution in [2.75, 3.05) is 0 Å². The van der Waals surface area contributed by atoms with E-state index in [0.29, 0.717) is 12.0 Å². The van der Waals surface area contributed by atoms with Gasteiger partial charge in [0.05, 0.1) is 5.56 Å². The van der Waals surface area contributed by atoms with Crippen molar-refractivity contribution in [2.45, 2.75) is 25.3 Å². The Morgan fingerprint density at radius 2 is 2.29 bits per heavy atom. The molecule has 0 amide bonds. The zero-order valence-corrected chi connectivity index (χ0v) is 7.86. The summed E-state index contributed by atoms with van der Waals surface area (Å²) in [4.78, 5) is 10.9. The van der Waals surface area contributed by atoms with Crippen molar-refractivity contribution < 1.29 is 9.90 Å². The van der Waals surface area contributed by atoms with E-state index in [1.54, 1.807) is 12.1 Å². The average molecular weight is 191 g/mol. The first-order chi connectivity index (χ1) is 6.68. The molecular weight excluding hydrogens is 178 g/mol. The summed E-state index contributed by atoms with van der Waals surface area (Å²) in [5.74, 6) is -0.851. The fourth-order valence-corrected chi connectivity index (χ4v) is 2.02. The first-order valence-corrected chi connectivity index (χ1v) is 4.78. The molecule has 74 valence electrons. The van der Waals surface area contributed by atoms with Crippen molar-refractivity contribution in [3.8, 4) is 0 Å². The molecule has 0 fully saturated rings. The normalized spacial score (nSPS) is 20.2. The van der Waals surface area contributed by atoms with Crippen LogP contribution in [-0.4, -0.2) is 17.1 Å². The van der Waals surface area contributed by atoms with Crippen molar-refractivity contribution >= 4 is 5.97 Å². The number of nitrogens with two attached hydrogens (primary N) is 1. The molecule has 1 aromatic rings. The molecule has 0 heterocycles. The van der Waals surface area contributed by atoms with Crippen LogP contribution in [0.2, 0.25) is 0 Å². The van der Waals surface area contributed by atoms with E-state index in [-0.39, 0.29) is 6.04 Å². The van der Waals surface area contributed by atoms with Crippen LogP contribution < -0.4 is 5.73 Å². The molecule has 1 aliphatic carbocycles. The van der Waals surface area contributed by atoms with Crippen LogP contribution in [0.15, 0.2) is 18.2 Å². The number of aromatic carboxylic acids is 1. The van der Waals surface area contributed by atoms with Gasteiger partial charge in [-0.25, -0.2) is 4.79 Å². The molecule has 0 spiro atoms. The third kappa shape index (κ3) is 1.51. The van der Waals surface area contributed by atoms with Crippen molar-refractivity contribution in [3.05, 3.63) is 34.9 Å². The predicted molar refractivity (Wildman–Crippen MR) is 53.4 cm³/mol. The average Bonchev–Trinajstić information content (AvgIpc) is 2.16. The highest BCUT2D eigenvalue weighted by Crippen LogP contribution is 2.23. The first kappa shape index (κ1) is 9.21. The van der Waals surface area contributed by atoms with Crippen LogP contribution >= 0.6 is 0 Å². The molecule has 0 radical (unpaired) electrons. The van der Waals surface area contributed by atoms with Crippen molar-refractivity contribution in [1.29, 1.82) is 0 Å². The maximum Gasteiger partial charge on any atom is 0.335 e. The SMILES string of the molecule is NC1CCc2cccc(C(=O)O)c2C1. The Labute approximate surface area is 82.5 Å². The molecule has 2 rings (SSSR count). The predicted octanol–water partition coefficient (Wildman–Crippen LogP) is 1.20. The van der Waals surface area contributed by atoms with E-state index in [4.69, 9.17) is 10.8 Å². The molecule has 1 atom stereocenters. The molecule has 0 saturated carbocycles. The minimum absolute atomic E-state index is 0.114. The highest BCUT2D eigenvalue weighted by atomic mass is 16.4. The Hall–Kier alpha value is -1.35. The second-order valence-corrected chi connectivity index (χ2v) is 3.75. The molecule has 3 N–H and O–H groups in total. The third-order valence-corrected chi connectivity index (χ3v) is 2.75. The van der Waals surface area contributed by atoms with Gasteiger partial charge in [-0.15, -0.1) is 0 Å². The van der Waals surface area contributed by atoms with Crippen LogP contribution in [0.3, 0.4) is 0 Å². The van der Waals surface area contributed by atoms with Crippen LogP contribution in [0.25, 0.3) is 0 Å². The molecule has 1 unspecified atom stereocenters.